The Morgan fingerprint density at radius 1 is 0.814 bits per heavy atom. The number of anilines is 2. The SMILES string of the molecule is CC.Cc1ccccc1-c1cc(N2CCN(C)CC2)ncc1N(C)C(=O)C(C)(C)c1cc(C(F)(F)F)cc(C(F)(F)F)c1. The molecule has 0 spiro atoms. The molecule has 3 aromatic rings. The largest absolute Gasteiger partial charge is 0.416 e. The molecule has 2 aromatic carbocycles. The second-order valence-corrected chi connectivity index (χ2v) is 10.9. The van der Waals surface area contributed by atoms with Crippen LogP contribution in [-0.2, 0) is 22.6 Å². The first kappa shape index (κ1) is 33.9. The predicted octanol–water partition coefficient (Wildman–Crippen LogP) is 7.81. The number of carbonyl (C=O) groups is 1. The maximum Gasteiger partial charge on any atom is 0.416 e. The summed E-state index contributed by atoms with van der Waals surface area (Å²) in [5.74, 6) is 0.0295. The molecule has 4 rings (SSSR count). The fourth-order valence-electron chi connectivity index (χ4n) is 4.97. The molecule has 1 amide bonds. The van der Waals surface area contributed by atoms with Gasteiger partial charge in [0.2, 0.25) is 5.91 Å². The Morgan fingerprint density at radius 3 is 1.84 bits per heavy atom. The lowest BCUT2D eigenvalue weighted by Crippen LogP contribution is -2.45. The quantitative estimate of drug-likeness (QED) is 0.277. The molecule has 0 unspecified atom stereocenters. The summed E-state index contributed by atoms with van der Waals surface area (Å²) >= 11 is 0. The van der Waals surface area contributed by atoms with Crippen LogP contribution in [0.3, 0.4) is 0 Å². The van der Waals surface area contributed by atoms with E-state index in [1.165, 1.54) is 32.0 Å². The number of piperazine rings is 1. The normalized spacial score (nSPS) is 14.7. The molecule has 5 nitrogen and oxygen atoms in total. The van der Waals surface area contributed by atoms with Gasteiger partial charge in [-0.2, -0.15) is 26.3 Å². The molecular weight excluding hydrogens is 570 g/mol. The van der Waals surface area contributed by atoms with E-state index in [1.807, 2.05) is 58.2 Å². The average molecular weight is 609 g/mol. The fraction of sp³-hybridized carbons (Fsp3) is 0.438. The maximum absolute atomic E-state index is 13.9. The summed E-state index contributed by atoms with van der Waals surface area (Å²) in [4.78, 5) is 24.1. The standard InChI is InChI=1S/C30H32F6N4O.C2H6/c1-19-8-6-7-9-23(19)24-17-26(40-12-10-38(4)11-13-40)37-18-25(24)39(5)27(41)28(2,3)20-14-21(29(31,32)33)16-22(15-20)30(34,35)36;1-2/h6-9,14-18H,10-13H2,1-5H3;1-2H3. The topological polar surface area (TPSA) is 39.7 Å². The lowest BCUT2D eigenvalue weighted by molar-refractivity contribution is -0.143. The van der Waals surface area contributed by atoms with Crippen LogP contribution in [-0.4, -0.2) is 56.1 Å². The predicted molar refractivity (Wildman–Crippen MR) is 158 cm³/mol. The molecule has 0 radical (unpaired) electrons. The zero-order valence-corrected chi connectivity index (χ0v) is 25.5. The van der Waals surface area contributed by atoms with Crippen LogP contribution in [0, 0.1) is 6.92 Å². The zero-order chi connectivity index (χ0) is 32.3. The summed E-state index contributed by atoms with van der Waals surface area (Å²) in [6.45, 7) is 11.8. The Labute approximate surface area is 249 Å². The van der Waals surface area contributed by atoms with Crippen molar-refractivity contribution in [3.63, 3.8) is 0 Å². The number of rotatable bonds is 5. The first-order valence-electron chi connectivity index (χ1n) is 14.1. The van der Waals surface area contributed by atoms with E-state index in [-0.39, 0.29) is 6.07 Å². The maximum atomic E-state index is 13.9. The highest BCUT2D eigenvalue weighted by Crippen LogP contribution is 2.41. The number of amides is 1. The Hall–Kier alpha value is -3.60. The smallest absolute Gasteiger partial charge is 0.354 e. The van der Waals surface area contributed by atoms with Crippen LogP contribution >= 0.6 is 0 Å². The number of aryl methyl sites for hydroxylation is 1. The van der Waals surface area contributed by atoms with Crippen LogP contribution < -0.4 is 9.80 Å². The number of aromatic nitrogens is 1. The third-order valence-corrected chi connectivity index (χ3v) is 7.64. The number of likely N-dealkylation sites (N-methyl/N-ethyl adjacent to an activating group) is 2. The number of pyridine rings is 1. The van der Waals surface area contributed by atoms with Gasteiger partial charge in [-0.1, -0.05) is 38.1 Å². The summed E-state index contributed by atoms with van der Waals surface area (Å²) in [5.41, 5.74) is -2.25. The Kier molecular flexibility index (Phi) is 10.2. The van der Waals surface area contributed by atoms with Gasteiger partial charge in [0, 0.05) is 38.8 Å². The zero-order valence-electron chi connectivity index (χ0n) is 25.5. The van der Waals surface area contributed by atoms with E-state index in [1.54, 1.807) is 0 Å². The molecule has 1 fully saturated rings. The highest BCUT2D eigenvalue weighted by atomic mass is 19.4. The van der Waals surface area contributed by atoms with Crippen molar-refractivity contribution in [2.45, 2.75) is 52.4 Å². The second kappa shape index (κ2) is 13.0. The molecule has 11 heteroatoms. The second-order valence-electron chi connectivity index (χ2n) is 10.9. The van der Waals surface area contributed by atoms with Crippen molar-refractivity contribution < 1.29 is 31.1 Å². The molecule has 1 saturated heterocycles. The van der Waals surface area contributed by atoms with Crippen molar-refractivity contribution in [1.82, 2.24) is 9.88 Å². The summed E-state index contributed by atoms with van der Waals surface area (Å²) in [7, 11) is 3.49. The van der Waals surface area contributed by atoms with Crippen molar-refractivity contribution >= 4 is 17.4 Å². The molecule has 1 aliphatic rings. The summed E-state index contributed by atoms with van der Waals surface area (Å²) in [6, 6.07) is 10.7. The van der Waals surface area contributed by atoms with Gasteiger partial charge < -0.3 is 14.7 Å². The molecule has 43 heavy (non-hydrogen) atoms. The summed E-state index contributed by atoms with van der Waals surface area (Å²) < 4.78 is 81.4. The van der Waals surface area contributed by atoms with E-state index in [0.29, 0.717) is 29.2 Å². The first-order valence-corrected chi connectivity index (χ1v) is 14.1. The van der Waals surface area contributed by atoms with Crippen LogP contribution in [0.5, 0.6) is 0 Å². The number of hydrogen-bond acceptors (Lipinski definition) is 4. The number of alkyl halides is 6. The minimum atomic E-state index is -5.03. The number of nitrogens with zero attached hydrogens (tertiary/aromatic N) is 4. The molecule has 1 aromatic heterocycles. The lowest BCUT2D eigenvalue weighted by atomic mass is 9.81. The van der Waals surface area contributed by atoms with Gasteiger partial charge in [-0.3, -0.25) is 4.79 Å². The Bertz CT molecular complexity index is 1390. The number of benzene rings is 2. The molecule has 234 valence electrons. The molecule has 2 heterocycles. The van der Waals surface area contributed by atoms with Gasteiger partial charge in [0.05, 0.1) is 28.4 Å². The van der Waals surface area contributed by atoms with Crippen LogP contribution in [0.25, 0.3) is 11.1 Å². The third-order valence-electron chi connectivity index (χ3n) is 7.64. The molecule has 0 N–H and O–H groups in total. The summed E-state index contributed by atoms with van der Waals surface area (Å²) in [6.07, 6.45) is -8.51. The van der Waals surface area contributed by atoms with Gasteiger partial charge in [-0.05, 0) is 68.8 Å². The fourth-order valence-corrected chi connectivity index (χ4v) is 4.97. The van der Waals surface area contributed by atoms with Gasteiger partial charge >= 0.3 is 12.4 Å². The van der Waals surface area contributed by atoms with Crippen molar-refractivity contribution in [3.8, 4) is 11.1 Å². The Morgan fingerprint density at radius 2 is 1.33 bits per heavy atom. The first-order chi connectivity index (χ1) is 20.0. The van der Waals surface area contributed by atoms with Gasteiger partial charge in [0.25, 0.3) is 0 Å². The summed E-state index contributed by atoms with van der Waals surface area (Å²) in [5, 5.41) is 0. The average Bonchev–Trinajstić information content (AvgIpc) is 2.96. The minimum Gasteiger partial charge on any atom is -0.354 e. The van der Waals surface area contributed by atoms with Gasteiger partial charge in [0.15, 0.2) is 0 Å². The Balaban J connectivity index is 0.00000248. The molecular formula is C32H38F6N4O. The molecule has 0 aliphatic carbocycles. The molecule has 0 atom stereocenters. The van der Waals surface area contributed by atoms with E-state index < -0.39 is 40.4 Å². The monoisotopic (exact) mass is 608 g/mol. The van der Waals surface area contributed by atoms with Gasteiger partial charge in [-0.15, -0.1) is 0 Å². The van der Waals surface area contributed by atoms with Gasteiger partial charge in [0.1, 0.15) is 5.82 Å². The van der Waals surface area contributed by atoms with E-state index >= 15 is 0 Å². The van der Waals surface area contributed by atoms with E-state index in [4.69, 9.17) is 0 Å². The van der Waals surface area contributed by atoms with Crippen molar-refractivity contribution in [2.24, 2.45) is 0 Å². The number of halogens is 6. The van der Waals surface area contributed by atoms with Crippen LogP contribution in [0.4, 0.5) is 37.8 Å². The van der Waals surface area contributed by atoms with Crippen LogP contribution in [0.1, 0.15) is 49.9 Å². The lowest BCUT2D eigenvalue weighted by Gasteiger charge is -2.35. The highest BCUT2D eigenvalue weighted by Gasteiger charge is 2.41. The van der Waals surface area contributed by atoms with Crippen LogP contribution in [0.2, 0.25) is 0 Å². The van der Waals surface area contributed by atoms with Crippen LogP contribution in [0.15, 0.2) is 54.7 Å². The van der Waals surface area contributed by atoms with Crippen molar-refractivity contribution in [3.05, 3.63) is 77.0 Å². The number of carbonyl (C=O) groups excluding carboxylic acids is 1. The molecule has 1 aliphatic heterocycles. The van der Waals surface area contributed by atoms with Crippen molar-refractivity contribution in [1.29, 1.82) is 0 Å². The van der Waals surface area contributed by atoms with Gasteiger partial charge in [-0.25, -0.2) is 4.98 Å². The van der Waals surface area contributed by atoms with Crippen molar-refractivity contribution in [2.75, 3.05) is 50.1 Å². The van der Waals surface area contributed by atoms with E-state index in [9.17, 15) is 31.1 Å². The minimum absolute atomic E-state index is 0.0606. The number of hydrogen-bond donors (Lipinski definition) is 0. The third kappa shape index (κ3) is 7.49. The highest BCUT2D eigenvalue weighted by molar-refractivity contribution is 6.03. The van der Waals surface area contributed by atoms with E-state index in [2.05, 4.69) is 14.8 Å². The molecule has 0 saturated carbocycles. The van der Waals surface area contributed by atoms with E-state index in [0.717, 1.165) is 37.3 Å². The molecule has 0 bridgehead atoms.